The summed E-state index contributed by atoms with van der Waals surface area (Å²) >= 11 is 5.93. The van der Waals surface area contributed by atoms with Crippen LogP contribution in [-0.4, -0.2) is 13.7 Å². The van der Waals surface area contributed by atoms with E-state index in [9.17, 15) is 0 Å². The Labute approximate surface area is 114 Å². The molecule has 1 aliphatic carbocycles. The summed E-state index contributed by atoms with van der Waals surface area (Å²) in [5, 5.41) is 0. The Balaban J connectivity index is 1.87. The highest BCUT2D eigenvalue weighted by molar-refractivity contribution is 6.17. The van der Waals surface area contributed by atoms with Gasteiger partial charge in [-0.3, -0.25) is 0 Å². The Morgan fingerprint density at radius 3 is 2.72 bits per heavy atom. The molecule has 0 atom stereocenters. The molecular weight excluding hydrogens is 248 g/mol. The molecule has 0 unspecified atom stereocenters. The number of benzene rings is 1. The van der Waals surface area contributed by atoms with E-state index in [-0.39, 0.29) is 0 Å². The topological polar surface area (TPSA) is 18.5 Å². The molecule has 0 amide bonds. The maximum Gasteiger partial charge on any atom is 0.123 e. The van der Waals surface area contributed by atoms with E-state index >= 15 is 0 Å². The molecule has 0 heterocycles. The predicted molar refractivity (Wildman–Crippen MR) is 74.6 cm³/mol. The lowest BCUT2D eigenvalue weighted by Crippen LogP contribution is -2.05. The molecule has 0 bridgehead atoms. The average molecular weight is 269 g/mol. The van der Waals surface area contributed by atoms with Crippen LogP contribution in [0.15, 0.2) is 18.2 Å². The van der Waals surface area contributed by atoms with Gasteiger partial charge >= 0.3 is 0 Å². The molecule has 0 aromatic heterocycles. The average Bonchev–Trinajstić information content (AvgIpc) is 2.92. The van der Waals surface area contributed by atoms with Gasteiger partial charge in [-0.2, -0.15) is 0 Å². The summed E-state index contributed by atoms with van der Waals surface area (Å²) in [5.74, 6) is 3.04. The van der Waals surface area contributed by atoms with Crippen molar-refractivity contribution in [2.24, 2.45) is 5.92 Å². The number of alkyl halides is 1. The van der Waals surface area contributed by atoms with E-state index in [0.29, 0.717) is 5.88 Å². The molecule has 1 aromatic carbocycles. The van der Waals surface area contributed by atoms with E-state index in [1.54, 1.807) is 7.11 Å². The number of hydrogen-bond acceptors (Lipinski definition) is 2. The van der Waals surface area contributed by atoms with Crippen LogP contribution in [0.25, 0.3) is 0 Å². The van der Waals surface area contributed by atoms with Crippen LogP contribution in [0.5, 0.6) is 11.5 Å². The van der Waals surface area contributed by atoms with Crippen molar-refractivity contribution in [1.82, 2.24) is 0 Å². The van der Waals surface area contributed by atoms with E-state index in [0.717, 1.165) is 36.0 Å². The largest absolute Gasteiger partial charge is 0.497 e. The Kier molecular flexibility index (Phi) is 5.18. The first-order chi connectivity index (χ1) is 8.83. The third-order valence-electron chi connectivity index (χ3n) is 3.67. The molecule has 0 saturated heterocycles. The molecule has 0 radical (unpaired) electrons. The van der Waals surface area contributed by atoms with Crippen LogP contribution in [0, 0.1) is 5.92 Å². The minimum Gasteiger partial charge on any atom is -0.497 e. The summed E-state index contributed by atoms with van der Waals surface area (Å²) in [6.07, 6.45) is 6.68. The van der Waals surface area contributed by atoms with Crippen molar-refractivity contribution in [2.75, 3.05) is 13.7 Å². The van der Waals surface area contributed by atoms with Crippen molar-refractivity contribution in [1.29, 1.82) is 0 Å². The van der Waals surface area contributed by atoms with E-state index in [2.05, 4.69) is 0 Å². The Morgan fingerprint density at radius 1 is 1.28 bits per heavy atom. The van der Waals surface area contributed by atoms with Gasteiger partial charge in [0, 0.05) is 5.56 Å². The molecule has 0 N–H and O–H groups in total. The molecule has 1 fully saturated rings. The first-order valence-corrected chi connectivity index (χ1v) is 7.22. The second-order valence-corrected chi connectivity index (χ2v) is 5.16. The monoisotopic (exact) mass is 268 g/mol. The van der Waals surface area contributed by atoms with Gasteiger partial charge in [0.15, 0.2) is 0 Å². The molecule has 2 rings (SSSR count). The van der Waals surface area contributed by atoms with Gasteiger partial charge in [0.2, 0.25) is 0 Å². The molecule has 18 heavy (non-hydrogen) atoms. The fourth-order valence-electron chi connectivity index (χ4n) is 2.56. The molecule has 100 valence electrons. The van der Waals surface area contributed by atoms with E-state index < -0.39 is 0 Å². The summed E-state index contributed by atoms with van der Waals surface area (Å²) in [4.78, 5) is 0. The van der Waals surface area contributed by atoms with Crippen molar-refractivity contribution < 1.29 is 9.47 Å². The minimum absolute atomic E-state index is 0.454. The maximum absolute atomic E-state index is 5.93. The normalized spacial score (nSPS) is 15.9. The van der Waals surface area contributed by atoms with Gasteiger partial charge in [0.25, 0.3) is 0 Å². The zero-order valence-electron chi connectivity index (χ0n) is 11.0. The molecule has 0 aliphatic heterocycles. The Bertz CT molecular complexity index is 373. The highest BCUT2D eigenvalue weighted by Crippen LogP contribution is 2.29. The van der Waals surface area contributed by atoms with Crippen molar-refractivity contribution in [3.63, 3.8) is 0 Å². The Morgan fingerprint density at radius 2 is 2.06 bits per heavy atom. The third-order valence-corrected chi connectivity index (χ3v) is 3.96. The van der Waals surface area contributed by atoms with Crippen LogP contribution >= 0.6 is 11.6 Å². The third kappa shape index (κ3) is 3.55. The smallest absolute Gasteiger partial charge is 0.123 e. The van der Waals surface area contributed by atoms with Gasteiger partial charge in [-0.15, -0.1) is 11.6 Å². The SMILES string of the molecule is COc1ccc(OCCC2CCCC2)c(CCl)c1. The highest BCUT2D eigenvalue weighted by Gasteiger charge is 2.15. The molecule has 1 aromatic rings. The van der Waals surface area contributed by atoms with Crippen LogP contribution < -0.4 is 9.47 Å². The predicted octanol–water partition coefficient (Wildman–Crippen LogP) is 4.39. The fourth-order valence-corrected chi connectivity index (χ4v) is 2.77. The van der Waals surface area contributed by atoms with E-state index in [1.165, 1.54) is 25.7 Å². The number of halogens is 1. The standard InChI is InChI=1S/C15H21ClO2/c1-17-14-6-7-15(13(10-14)11-16)18-9-8-12-4-2-3-5-12/h6-7,10,12H,2-5,8-9,11H2,1H3. The summed E-state index contributed by atoms with van der Waals surface area (Å²) in [7, 11) is 1.66. The number of methoxy groups -OCH3 is 1. The van der Waals surface area contributed by atoms with Gasteiger partial charge in [0.1, 0.15) is 11.5 Å². The lowest BCUT2D eigenvalue weighted by atomic mass is 10.1. The quantitative estimate of drug-likeness (QED) is 0.712. The molecule has 0 spiro atoms. The zero-order valence-corrected chi connectivity index (χ0v) is 11.7. The summed E-state index contributed by atoms with van der Waals surface area (Å²) in [5.41, 5.74) is 1.00. The van der Waals surface area contributed by atoms with Crippen LogP contribution in [0.4, 0.5) is 0 Å². The second-order valence-electron chi connectivity index (χ2n) is 4.89. The Hall–Kier alpha value is -0.890. The summed E-state index contributed by atoms with van der Waals surface area (Å²) in [6.45, 7) is 0.793. The van der Waals surface area contributed by atoms with Gasteiger partial charge in [-0.05, 0) is 30.5 Å². The number of ether oxygens (including phenoxy) is 2. The fraction of sp³-hybridized carbons (Fsp3) is 0.600. The van der Waals surface area contributed by atoms with Crippen molar-refractivity contribution >= 4 is 11.6 Å². The minimum atomic E-state index is 0.454. The van der Waals surface area contributed by atoms with Crippen molar-refractivity contribution in [3.8, 4) is 11.5 Å². The van der Waals surface area contributed by atoms with Gasteiger partial charge in [0.05, 0.1) is 19.6 Å². The van der Waals surface area contributed by atoms with Crippen molar-refractivity contribution in [2.45, 2.75) is 38.0 Å². The van der Waals surface area contributed by atoms with E-state index in [4.69, 9.17) is 21.1 Å². The van der Waals surface area contributed by atoms with Gasteiger partial charge in [-0.25, -0.2) is 0 Å². The summed E-state index contributed by atoms with van der Waals surface area (Å²) in [6, 6.07) is 5.81. The lowest BCUT2D eigenvalue weighted by molar-refractivity contribution is 0.277. The zero-order chi connectivity index (χ0) is 12.8. The van der Waals surface area contributed by atoms with Gasteiger partial charge in [-0.1, -0.05) is 25.7 Å². The van der Waals surface area contributed by atoms with Crippen molar-refractivity contribution in [3.05, 3.63) is 23.8 Å². The molecule has 2 nitrogen and oxygen atoms in total. The van der Waals surface area contributed by atoms with E-state index in [1.807, 2.05) is 18.2 Å². The second kappa shape index (κ2) is 6.89. The number of rotatable bonds is 6. The van der Waals surface area contributed by atoms with Crippen LogP contribution in [-0.2, 0) is 5.88 Å². The first kappa shape index (κ1) is 13.5. The number of hydrogen-bond donors (Lipinski definition) is 0. The lowest BCUT2D eigenvalue weighted by Gasteiger charge is -2.13. The summed E-state index contributed by atoms with van der Waals surface area (Å²) < 4.78 is 11.0. The molecule has 1 aliphatic rings. The molecular formula is C15H21ClO2. The van der Waals surface area contributed by atoms with Gasteiger partial charge < -0.3 is 9.47 Å². The van der Waals surface area contributed by atoms with Crippen LogP contribution in [0.3, 0.4) is 0 Å². The molecule has 1 saturated carbocycles. The highest BCUT2D eigenvalue weighted by atomic mass is 35.5. The van der Waals surface area contributed by atoms with Crippen LogP contribution in [0.1, 0.15) is 37.7 Å². The molecule has 3 heteroatoms. The van der Waals surface area contributed by atoms with Crippen LogP contribution in [0.2, 0.25) is 0 Å². The first-order valence-electron chi connectivity index (χ1n) is 6.69. The maximum atomic E-state index is 5.93.